The van der Waals surface area contributed by atoms with Crippen LogP contribution < -0.4 is 0 Å². The first kappa shape index (κ1) is 22.9. The van der Waals surface area contributed by atoms with Crippen LogP contribution >= 0.6 is 11.6 Å². The van der Waals surface area contributed by atoms with Crippen LogP contribution in [0.1, 0.15) is 61.1 Å². The second-order valence-corrected chi connectivity index (χ2v) is 9.41. The molecule has 2 aromatic rings. The molecule has 2 fully saturated rings. The van der Waals surface area contributed by atoms with Gasteiger partial charge in [0.25, 0.3) is 5.91 Å². The molecule has 1 saturated carbocycles. The zero-order chi connectivity index (χ0) is 23.2. The molecule has 6 nitrogen and oxygen atoms in total. The van der Waals surface area contributed by atoms with Gasteiger partial charge in [-0.25, -0.2) is 4.98 Å². The minimum absolute atomic E-state index is 0.121. The fraction of sp³-hybridized carbons (Fsp3) is 0.591. The lowest BCUT2D eigenvalue weighted by atomic mass is 10.0. The van der Waals surface area contributed by atoms with Crippen LogP contribution in [0.5, 0.6) is 0 Å². The van der Waals surface area contributed by atoms with Crippen LogP contribution in [0.15, 0.2) is 12.3 Å². The third kappa shape index (κ3) is 4.31. The monoisotopic (exact) mass is 470 g/mol. The highest BCUT2D eigenvalue weighted by atomic mass is 35.5. The van der Waals surface area contributed by atoms with E-state index >= 15 is 0 Å². The van der Waals surface area contributed by atoms with Crippen molar-refractivity contribution < 1.29 is 22.8 Å². The zero-order valence-electron chi connectivity index (χ0n) is 18.1. The fourth-order valence-electron chi connectivity index (χ4n) is 4.71. The van der Waals surface area contributed by atoms with Crippen molar-refractivity contribution in [1.29, 1.82) is 0 Å². The summed E-state index contributed by atoms with van der Waals surface area (Å²) in [6, 6.07) is 1.28. The molecule has 32 heavy (non-hydrogen) atoms. The Hall–Kier alpha value is -2.29. The van der Waals surface area contributed by atoms with Gasteiger partial charge in [-0.1, -0.05) is 38.3 Å². The highest BCUT2D eigenvalue weighted by Gasteiger charge is 2.38. The smallest absolute Gasteiger partial charge is 0.336 e. The van der Waals surface area contributed by atoms with Crippen molar-refractivity contribution >= 4 is 29.1 Å². The Kier molecular flexibility index (Phi) is 6.13. The number of alkyl halides is 3. The molecule has 2 aromatic heterocycles. The summed E-state index contributed by atoms with van der Waals surface area (Å²) in [4.78, 5) is 32.9. The molecule has 4 rings (SSSR count). The van der Waals surface area contributed by atoms with Crippen LogP contribution in [-0.2, 0) is 17.4 Å². The number of fused-ring (bicyclic) bond motifs is 1. The van der Waals surface area contributed by atoms with Crippen LogP contribution in [0.3, 0.4) is 0 Å². The number of amides is 2. The highest BCUT2D eigenvalue weighted by molar-refractivity contribution is 6.33. The van der Waals surface area contributed by atoms with Gasteiger partial charge in [-0.15, -0.1) is 0 Å². The summed E-state index contributed by atoms with van der Waals surface area (Å²) in [7, 11) is 0. The molecule has 2 amide bonds. The van der Waals surface area contributed by atoms with Crippen LogP contribution in [0.2, 0.25) is 5.15 Å². The Balaban J connectivity index is 1.65. The van der Waals surface area contributed by atoms with Crippen LogP contribution in [0, 0.1) is 5.92 Å². The van der Waals surface area contributed by atoms with Crippen molar-refractivity contribution in [2.45, 2.75) is 58.2 Å². The number of nitrogens with zero attached hydrogens (tertiary/aromatic N) is 4. The first-order chi connectivity index (χ1) is 15.1. The first-order valence-electron chi connectivity index (χ1n) is 10.9. The molecular formula is C22H26ClF3N4O2. The van der Waals surface area contributed by atoms with Crippen LogP contribution in [-0.4, -0.2) is 56.7 Å². The largest absolute Gasteiger partial charge is 0.419 e. The topological polar surface area (TPSA) is 57.9 Å². The van der Waals surface area contributed by atoms with Gasteiger partial charge >= 0.3 is 6.18 Å². The fourth-order valence-corrected chi connectivity index (χ4v) is 4.97. The molecule has 0 aromatic carbocycles. The molecule has 0 atom stereocenters. The van der Waals surface area contributed by atoms with Crippen LogP contribution in [0.4, 0.5) is 13.2 Å². The van der Waals surface area contributed by atoms with Crippen molar-refractivity contribution in [3.8, 4) is 0 Å². The number of aromatic nitrogens is 2. The van der Waals surface area contributed by atoms with Crippen molar-refractivity contribution in [2.24, 2.45) is 5.92 Å². The molecule has 2 aliphatic rings. The Labute approximate surface area is 189 Å². The lowest BCUT2D eigenvalue weighted by Crippen LogP contribution is -2.55. The first-order valence-corrected chi connectivity index (χ1v) is 11.3. The van der Waals surface area contributed by atoms with E-state index in [2.05, 4.69) is 4.98 Å². The molecule has 0 bridgehead atoms. The molecule has 1 aliphatic heterocycles. The minimum Gasteiger partial charge on any atom is -0.336 e. The number of rotatable bonds is 4. The Morgan fingerprint density at radius 1 is 1.25 bits per heavy atom. The van der Waals surface area contributed by atoms with Crippen molar-refractivity contribution in [2.75, 3.05) is 19.6 Å². The van der Waals surface area contributed by atoms with Crippen LogP contribution in [0.25, 0.3) is 5.65 Å². The molecule has 0 unspecified atom stereocenters. The Morgan fingerprint density at radius 3 is 2.53 bits per heavy atom. The lowest BCUT2D eigenvalue weighted by molar-refractivity contribution is -0.137. The Morgan fingerprint density at radius 2 is 1.94 bits per heavy atom. The van der Waals surface area contributed by atoms with Crippen molar-refractivity contribution in [3.05, 3.63) is 34.2 Å². The Bertz CT molecular complexity index is 1040. The van der Waals surface area contributed by atoms with Gasteiger partial charge in [0.05, 0.1) is 5.56 Å². The average molecular weight is 471 g/mol. The molecule has 0 radical (unpaired) electrons. The van der Waals surface area contributed by atoms with Gasteiger partial charge in [-0.05, 0) is 36.8 Å². The second kappa shape index (κ2) is 8.57. The summed E-state index contributed by atoms with van der Waals surface area (Å²) < 4.78 is 42.3. The van der Waals surface area contributed by atoms with E-state index < -0.39 is 23.3 Å². The van der Waals surface area contributed by atoms with Gasteiger partial charge in [0.15, 0.2) is 11.3 Å². The van der Waals surface area contributed by atoms with E-state index in [0.29, 0.717) is 25.1 Å². The number of halogens is 4. The summed E-state index contributed by atoms with van der Waals surface area (Å²) in [5, 5.41) is -0.174. The molecule has 10 heteroatoms. The number of piperazine rings is 1. The van der Waals surface area contributed by atoms with Gasteiger partial charge in [-0.2, -0.15) is 13.2 Å². The van der Waals surface area contributed by atoms with Crippen molar-refractivity contribution in [3.63, 3.8) is 0 Å². The normalized spacial score (nSPS) is 18.4. The summed E-state index contributed by atoms with van der Waals surface area (Å²) in [6.07, 6.45) is 1.40. The van der Waals surface area contributed by atoms with Gasteiger partial charge in [0, 0.05) is 25.3 Å². The van der Waals surface area contributed by atoms with Gasteiger partial charge in [-0.3, -0.25) is 14.0 Å². The molecular weight excluding hydrogens is 445 g/mol. The third-order valence-electron chi connectivity index (χ3n) is 6.18. The van der Waals surface area contributed by atoms with Gasteiger partial charge in [0.1, 0.15) is 11.7 Å². The number of hydrogen-bond acceptors (Lipinski definition) is 3. The number of hydrogen-bond donors (Lipinski definition) is 0. The maximum absolute atomic E-state index is 13.7. The predicted molar refractivity (Wildman–Crippen MR) is 114 cm³/mol. The molecule has 1 aliphatic carbocycles. The highest BCUT2D eigenvalue weighted by Crippen LogP contribution is 2.35. The minimum atomic E-state index is -4.65. The van der Waals surface area contributed by atoms with E-state index in [9.17, 15) is 22.8 Å². The molecule has 0 spiro atoms. The maximum Gasteiger partial charge on any atom is 0.419 e. The predicted octanol–water partition coefficient (Wildman–Crippen LogP) is 4.43. The van der Waals surface area contributed by atoms with Gasteiger partial charge < -0.3 is 9.80 Å². The van der Waals surface area contributed by atoms with Gasteiger partial charge in [0.2, 0.25) is 5.91 Å². The molecule has 3 heterocycles. The number of imidazole rings is 1. The lowest BCUT2D eigenvalue weighted by Gasteiger charge is -2.37. The summed E-state index contributed by atoms with van der Waals surface area (Å²) in [6.45, 7) is 4.40. The van der Waals surface area contributed by atoms with E-state index in [4.69, 9.17) is 11.6 Å². The average Bonchev–Trinajstić information content (AvgIpc) is 3.34. The van der Waals surface area contributed by atoms with E-state index in [1.807, 2.05) is 18.7 Å². The molecule has 174 valence electrons. The van der Waals surface area contributed by atoms with E-state index in [-0.39, 0.29) is 35.3 Å². The maximum atomic E-state index is 13.7. The van der Waals surface area contributed by atoms with E-state index in [0.717, 1.165) is 36.2 Å². The SMILES string of the molecule is CC(C)Cc1cc(C(F)(F)F)c2nc(C(=O)N3CCN(C4CCCC4)C(=O)C3)c(Cl)n2c1. The molecule has 0 N–H and O–H groups in total. The number of pyridine rings is 1. The zero-order valence-corrected chi connectivity index (χ0v) is 18.8. The second-order valence-electron chi connectivity index (χ2n) is 9.05. The summed E-state index contributed by atoms with van der Waals surface area (Å²) in [5.74, 6) is -0.637. The summed E-state index contributed by atoms with van der Waals surface area (Å²) >= 11 is 6.36. The number of carbonyl (C=O) groups excluding carboxylic acids is 2. The van der Waals surface area contributed by atoms with E-state index in [1.54, 1.807) is 0 Å². The van der Waals surface area contributed by atoms with E-state index in [1.165, 1.54) is 11.1 Å². The summed E-state index contributed by atoms with van der Waals surface area (Å²) in [5.41, 5.74) is -1.15. The third-order valence-corrected chi connectivity index (χ3v) is 6.54. The molecule has 1 saturated heterocycles. The number of carbonyl (C=O) groups is 2. The standard InChI is InChI=1S/C22H26ClF3N4O2/c1-13(2)9-14-10-16(22(24,25)26)20-27-18(19(23)30(20)11-14)21(32)28-7-8-29(17(31)12-28)15-5-3-4-6-15/h10-11,13,15H,3-9,12H2,1-2H3. The van der Waals surface area contributed by atoms with Crippen molar-refractivity contribution in [1.82, 2.24) is 19.2 Å². The quantitative estimate of drug-likeness (QED) is 0.664.